The fourth-order valence-corrected chi connectivity index (χ4v) is 1.90. The van der Waals surface area contributed by atoms with Crippen molar-refractivity contribution in [1.29, 1.82) is 0 Å². The number of ether oxygens (including phenoxy) is 1. The Morgan fingerprint density at radius 1 is 1.57 bits per heavy atom. The molecule has 0 bridgehead atoms. The third-order valence-electron chi connectivity index (χ3n) is 2.64. The van der Waals surface area contributed by atoms with Gasteiger partial charge < -0.3 is 10.5 Å². The van der Waals surface area contributed by atoms with Crippen LogP contribution in [0.2, 0.25) is 0 Å². The minimum Gasteiger partial charge on any atom is -0.381 e. The number of nitrogens with zero attached hydrogens (tertiary/aromatic N) is 1. The van der Waals surface area contributed by atoms with Crippen LogP contribution in [-0.4, -0.2) is 18.2 Å². The normalized spacial score (nSPS) is 21.4. The molecule has 0 aromatic carbocycles. The van der Waals surface area contributed by atoms with E-state index in [0.717, 1.165) is 31.0 Å². The second kappa shape index (κ2) is 4.07. The standard InChI is InChI=1S/C11H16N2O/c1-8-4-10(5-11(6-12)13-8)9-2-3-14-7-9/h4-5,9H,2-3,6-7,12H2,1H3. The summed E-state index contributed by atoms with van der Waals surface area (Å²) in [5, 5.41) is 0. The van der Waals surface area contributed by atoms with E-state index >= 15 is 0 Å². The number of aromatic nitrogens is 1. The van der Waals surface area contributed by atoms with Crippen LogP contribution in [0.15, 0.2) is 12.1 Å². The van der Waals surface area contributed by atoms with Gasteiger partial charge in [0.1, 0.15) is 0 Å². The molecule has 1 fully saturated rings. The van der Waals surface area contributed by atoms with Gasteiger partial charge in [0.15, 0.2) is 0 Å². The van der Waals surface area contributed by atoms with E-state index in [0.29, 0.717) is 12.5 Å². The Morgan fingerprint density at radius 2 is 2.43 bits per heavy atom. The summed E-state index contributed by atoms with van der Waals surface area (Å²) in [5.74, 6) is 0.544. The first-order valence-electron chi connectivity index (χ1n) is 5.05. The Balaban J connectivity index is 2.27. The first-order chi connectivity index (χ1) is 6.79. The Kier molecular flexibility index (Phi) is 2.79. The molecule has 1 saturated heterocycles. The molecule has 3 nitrogen and oxygen atoms in total. The number of aryl methyl sites for hydroxylation is 1. The molecule has 0 radical (unpaired) electrons. The van der Waals surface area contributed by atoms with Crippen LogP contribution in [0.25, 0.3) is 0 Å². The second-order valence-corrected chi connectivity index (χ2v) is 3.80. The second-order valence-electron chi connectivity index (χ2n) is 3.80. The van der Waals surface area contributed by atoms with Gasteiger partial charge in [0, 0.05) is 24.8 Å². The van der Waals surface area contributed by atoms with Crippen LogP contribution in [0.3, 0.4) is 0 Å². The zero-order chi connectivity index (χ0) is 9.97. The number of hydrogen-bond acceptors (Lipinski definition) is 3. The van der Waals surface area contributed by atoms with Crippen molar-refractivity contribution >= 4 is 0 Å². The summed E-state index contributed by atoms with van der Waals surface area (Å²) >= 11 is 0. The molecule has 2 N–H and O–H groups in total. The van der Waals surface area contributed by atoms with Crippen molar-refractivity contribution in [2.24, 2.45) is 5.73 Å². The average Bonchev–Trinajstić information content (AvgIpc) is 2.69. The van der Waals surface area contributed by atoms with E-state index in [1.54, 1.807) is 0 Å². The quantitative estimate of drug-likeness (QED) is 0.769. The lowest BCUT2D eigenvalue weighted by Gasteiger charge is -2.10. The van der Waals surface area contributed by atoms with Crippen LogP contribution in [0, 0.1) is 6.92 Å². The largest absolute Gasteiger partial charge is 0.381 e. The third-order valence-corrected chi connectivity index (χ3v) is 2.64. The van der Waals surface area contributed by atoms with E-state index in [9.17, 15) is 0 Å². The maximum Gasteiger partial charge on any atom is 0.0545 e. The van der Waals surface area contributed by atoms with Gasteiger partial charge >= 0.3 is 0 Å². The van der Waals surface area contributed by atoms with Crippen LogP contribution < -0.4 is 5.73 Å². The van der Waals surface area contributed by atoms with E-state index < -0.39 is 0 Å². The molecule has 1 aromatic heterocycles. The molecule has 2 heterocycles. The Bertz CT molecular complexity index is 319. The van der Waals surface area contributed by atoms with Gasteiger partial charge in [0.2, 0.25) is 0 Å². The van der Waals surface area contributed by atoms with Crippen LogP contribution in [0.5, 0.6) is 0 Å². The van der Waals surface area contributed by atoms with Crippen molar-refractivity contribution in [2.45, 2.75) is 25.8 Å². The fourth-order valence-electron chi connectivity index (χ4n) is 1.90. The van der Waals surface area contributed by atoms with Crippen LogP contribution in [0.1, 0.15) is 29.3 Å². The highest BCUT2D eigenvalue weighted by molar-refractivity contribution is 5.25. The minimum atomic E-state index is 0.516. The minimum absolute atomic E-state index is 0.516. The molecule has 76 valence electrons. The zero-order valence-corrected chi connectivity index (χ0v) is 8.49. The first kappa shape index (κ1) is 9.62. The number of pyridine rings is 1. The highest BCUT2D eigenvalue weighted by atomic mass is 16.5. The predicted octanol–water partition coefficient (Wildman–Crippen LogP) is 1.35. The van der Waals surface area contributed by atoms with Crippen LogP contribution in [0.4, 0.5) is 0 Å². The van der Waals surface area contributed by atoms with Crippen molar-refractivity contribution in [1.82, 2.24) is 4.98 Å². The summed E-state index contributed by atoms with van der Waals surface area (Å²) in [6.45, 7) is 4.25. The van der Waals surface area contributed by atoms with E-state index in [2.05, 4.69) is 17.1 Å². The van der Waals surface area contributed by atoms with Crippen molar-refractivity contribution in [3.8, 4) is 0 Å². The number of nitrogens with two attached hydrogens (primary N) is 1. The SMILES string of the molecule is Cc1cc(C2CCOC2)cc(CN)n1. The lowest BCUT2D eigenvalue weighted by atomic mass is 9.98. The summed E-state index contributed by atoms with van der Waals surface area (Å²) in [4.78, 5) is 4.36. The molecule has 1 aliphatic heterocycles. The van der Waals surface area contributed by atoms with Gasteiger partial charge in [-0.1, -0.05) is 0 Å². The highest BCUT2D eigenvalue weighted by Gasteiger charge is 2.18. The molecular weight excluding hydrogens is 176 g/mol. The average molecular weight is 192 g/mol. The van der Waals surface area contributed by atoms with Crippen molar-refractivity contribution < 1.29 is 4.74 Å². The molecule has 0 spiro atoms. The number of hydrogen-bond donors (Lipinski definition) is 1. The molecule has 0 saturated carbocycles. The van der Waals surface area contributed by atoms with Crippen LogP contribution >= 0.6 is 0 Å². The smallest absolute Gasteiger partial charge is 0.0545 e. The molecule has 1 aromatic rings. The van der Waals surface area contributed by atoms with Gasteiger partial charge in [-0.3, -0.25) is 4.98 Å². The molecular formula is C11H16N2O. The van der Waals surface area contributed by atoms with Gasteiger partial charge in [-0.2, -0.15) is 0 Å². The van der Waals surface area contributed by atoms with Gasteiger partial charge in [-0.25, -0.2) is 0 Å². The van der Waals surface area contributed by atoms with Crippen molar-refractivity contribution in [3.63, 3.8) is 0 Å². The lowest BCUT2D eigenvalue weighted by Crippen LogP contribution is -2.05. The molecule has 14 heavy (non-hydrogen) atoms. The lowest BCUT2D eigenvalue weighted by molar-refractivity contribution is 0.194. The van der Waals surface area contributed by atoms with Crippen molar-refractivity contribution in [3.05, 3.63) is 29.1 Å². The Labute approximate surface area is 84.3 Å². The van der Waals surface area contributed by atoms with E-state index in [1.807, 2.05) is 6.92 Å². The maximum atomic E-state index is 5.59. The summed E-state index contributed by atoms with van der Waals surface area (Å²) in [5.41, 5.74) is 8.95. The van der Waals surface area contributed by atoms with Gasteiger partial charge in [-0.05, 0) is 31.0 Å². The van der Waals surface area contributed by atoms with Gasteiger partial charge in [0.05, 0.1) is 12.3 Å². The zero-order valence-electron chi connectivity index (χ0n) is 8.49. The first-order valence-corrected chi connectivity index (χ1v) is 5.05. The van der Waals surface area contributed by atoms with Crippen LogP contribution in [-0.2, 0) is 11.3 Å². The summed E-state index contributed by atoms with van der Waals surface area (Å²) in [7, 11) is 0. The third kappa shape index (κ3) is 1.94. The van der Waals surface area contributed by atoms with E-state index in [1.165, 1.54) is 5.56 Å². The summed E-state index contributed by atoms with van der Waals surface area (Å²) in [6.07, 6.45) is 1.12. The topological polar surface area (TPSA) is 48.1 Å². The molecule has 1 aliphatic rings. The van der Waals surface area contributed by atoms with Gasteiger partial charge in [0.25, 0.3) is 0 Å². The van der Waals surface area contributed by atoms with E-state index in [-0.39, 0.29) is 0 Å². The van der Waals surface area contributed by atoms with Crippen molar-refractivity contribution in [2.75, 3.05) is 13.2 Å². The summed E-state index contributed by atoms with van der Waals surface area (Å²) in [6, 6.07) is 4.24. The Morgan fingerprint density at radius 3 is 3.07 bits per heavy atom. The predicted molar refractivity (Wildman–Crippen MR) is 55.0 cm³/mol. The monoisotopic (exact) mass is 192 g/mol. The highest BCUT2D eigenvalue weighted by Crippen LogP contribution is 2.25. The molecule has 3 heteroatoms. The summed E-state index contributed by atoms with van der Waals surface area (Å²) < 4.78 is 5.37. The number of rotatable bonds is 2. The molecule has 0 amide bonds. The Hall–Kier alpha value is -0.930. The van der Waals surface area contributed by atoms with E-state index in [4.69, 9.17) is 10.5 Å². The van der Waals surface area contributed by atoms with Gasteiger partial charge in [-0.15, -0.1) is 0 Å². The maximum absolute atomic E-state index is 5.59. The molecule has 2 rings (SSSR count). The molecule has 1 atom stereocenters. The molecule has 0 aliphatic carbocycles. The molecule has 1 unspecified atom stereocenters. The fraction of sp³-hybridized carbons (Fsp3) is 0.545.